The molecule has 49 heavy (non-hydrogen) atoms. The van der Waals surface area contributed by atoms with Crippen molar-refractivity contribution < 1.29 is 44.3 Å². The molecule has 0 heterocycles. The van der Waals surface area contributed by atoms with Crippen molar-refractivity contribution in [3.05, 3.63) is 210 Å². The van der Waals surface area contributed by atoms with Gasteiger partial charge in [0, 0.05) is 0 Å². The zero-order chi connectivity index (χ0) is 30.7. The van der Waals surface area contributed by atoms with Gasteiger partial charge in [-0.05, 0) is 56.7 Å². The minimum atomic E-state index is -0.831. The molecule has 0 aliphatic heterocycles. The number of fused-ring (bicyclic) bond motifs is 2. The zero-order valence-corrected chi connectivity index (χ0v) is 31.6. The second-order valence-electron chi connectivity index (χ2n) is 11.6. The fourth-order valence-corrected chi connectivity index (χ4v) is 11.9. The second kappa shape index (κ2) is 16.9. The third kappa shape index (κ3) is 7.35. The van der Waals surface area contributed by atoms with Gasteiger partial charge in [-0.2, -0.15) is 5.66 Å². The monoisotopic (exact) mass is 795 g/mol. The molecule has 1 aliphatic rings. The molecule has 1 aliphatic carbocycles. The molecule has 0 spiro atoms. The Hall–Kier alpha value is -3.53. The first kappa shape index (κ1) is 36.7. The Morgan fingerprint density at radius 2 is 0.918 bits per heavy atom. The number of benzene rings is 7. The zero-order valence-electron chi connectivity index (χ0n) is 26.6. The first-order valence-electron chi connectivity index (χ1n) is 15.8. The van der Waals surface area contributed by atoms with Crippen LogP contribution < -0.4 is 51.3 Å². The maximum atomic E-state index is 2.46. The normalized spacial score (nSPS) is 13.3. The molecule has 7 aromatic carbocycles. The number of rotatable bonds is 7. The average Bonchev–Trinajstić information content (AvgIpc) is 3.14. The van der Waals surface area contributed by atoms with Crippen LogP contribution >= 0.6 is 15.8 Å². The van der Waals surface area contributed by atoms with Crippen molar-refractivity contribution in [3.63, 3.8) is 0 Å². The van der Waals surface area contributed by atoms with Gasteiger partial charge in [-0.3, -0.25) is 0 Å². The minimum Gasteiger partial charge on any atom is -1.00 e. The van der Waals surface area contributed by atoms with Crippen LogP contribution in [-0.2, 0) is 19.5 Å². The molecule has 1 radical (unpaired) electrons. The van der Waals surface area contributed by atoms with Gasteiger partial charge in [-0.25, -0.2) is 12.2 Å². The largest absolute Gasteiger partial charge is 3.00 e. The predicted molar refractivity (Wildman–Crippen MR) is 202 cm³/mol. The van der Waals surface area contributed by atoms with E-state index in [1.807, 2.05) is 0 Å². The van der Waals surface area contributed by atoms with Gasteiger partial charge in [-0.1, -0.05) is 188 Å². The van der Waals surface area contributed by atoms with E-state index in [1.54, 1.807) is 0 Å². The summed E-state index contributed by atoms with van der Waals surface area (Å²) in [6.45, 7) is 0. The summed E-state index contributed by atoms with van der Waals surface area (Å²) >= 11 is 0. The molecule has 7 aromatic rings. The summed E-state index contributed by atoms with van der Waals surface area (Å²) in [5, 5.41) is 9.54. The Morgan fingerprint density at radius 1 is 0.449 bits per heavy atom. The van der Waals surface area contributed by atoms with Crippen LogP contribution in [0, 0.1) is 5.66 Å². The van der Waals surface area contributed by atoms with Crippen LogP contribution in [0.25, 0.3) is 16.8 Å². The quantitative estimate of drug-likeness (QED) is 0.132. The summed E-state index contributed by atoms with van der Waals surface area (Å²) in [6.07, 6.45) is 4.81. The third-order valence-electron chi connectivity index (χ3n) is 8.83. The van der Waals surface area contributed by atoms with Gasteiger partial charge >= 0.3 is 19.5 Å². The van der Waals surface area contributed by atoms with Gasteiger partial charge in [0.15, 0.2) is 0 Å². The summed E-state index contributed by atoms with van der Waals surface area (Å²) in [6, 6.07) is 67.4. The van der Waals surface area contributed by atoms with Gasteiger partial charge in [0.2, 0.25) is 0 Å². The van der Waals surface area contributed by atoms with Crippen molar-refractivity contribution >= 4 is 59.2 Å². The van der Waals surface area contributed by atoms with E-state index in [-0.39, 0.29) is 50.2 Å². The number of allylic oxidation sites excluding steroid dienone is 1. The van der Waals surface area contributed by atoms with Crippen molar-refractivity contribution in [2.75, 3.05) is 0 Å². The molecule has 0 saturated carbocycles. The topological polar surface area (TPSA) is 0 Å². The van der Waals surface area contributed by atoms with Crippen LogP contribution in [0.5, 0.6) is 0 Å². The Kier molecular flexibility index (Phi) is 12.7. The average molecular weight is 796 g/mol. The van der Waals surface area contributed by atoms with Crippen molar-refractivity contribution in [1.29, 1.82) is 0 Å². The van der Waals surface area contributed by atoms with Gasteiger partial charge in [0.25, 0.3) is 0 Å². The first-order valence-corrected chi connectivity index (χ1v) is 18.5. The van der Waals surface area contributed by atoms with Gasteiger partial charge in [-0.15, -0.1) is 13.5 Å². The van der Waals surface area contributed by atoms with Crippen LogP contribution in [0.4, 0.5) is 0 Å². The van der Waals surface area contributed by atoms with Crippen LogP contribution in [0.2, 0.25) is 0 Å². The van der Waals surface area contributed by atoms with E-state index in [0.29, 0.717) is 0 Å². The molecule has 5 heteroatoms. The van der Waals surface area contributed by atoms with Crippen LogP contribution in [0.1, 0.15) is 22.6 Å². The maximum absolute atomic E-state index is 2.46. The summed E-state index contributed by atoms with van der Waals surface area (Å²) < 4.78 is 0. The Bertz CT molecular complexity index is 2040. The molecule has 0 amide bonds. The molecule has 1 unspecified atom stereocenters. The Balaban J connectivity index is 0.00000156. The van der Waals surface area contributed by atoms with E-state index in [2.05, 4.69) is 194 Å². The first-order chi connectivity index (χ1) is 22.9. The van der Waals surface area contributed by atoms with Gasteiger partial charge in [0.05, 0.1) is 0 Å². The van der Waals surface area contributed by atoms with Crippen molar-refractivity contribution in [1.82, 2.24) is 0 Å². The van der Waals surface area contributed by atoms with Gasteiger partial charge in [0.1, 0.15) is 0 Å². The summed E-state index contributed by atoms with van der Waals surface area (Å²) in [7, 11) is -1.65. The molecule has 241 valence electrons. The fourth-order valence-electron chi connectivity index (χ4n) is 6.83. The second-order valence-corrected chi connectivity index (χ2v) is 16.0. The summed E-state index contributed by atoms with van der Waals surface area (Å²) in [5.41, 5.74) is 5.59. The molecule has 8 rings (SSSR count). The SMILES string of the molecule is C1=C[C-](P(c2ccccc2)c2ccccc2)C(c2c(P(c3ccccc3)c3ccccc3)ccc3ccccc23)c2ccccc21.[Cl-].[Cl-].[Ru+3]. The smallest absolute Gasteiger partial charge is 1.00 e. The summed E-state index contributed by atoms with van der Waals surface area (Å²) in [5.74, 6) is 0.0891. The van der Waals surface area contributed by atoms with E-state index in [0.717, 1.165) is 0 Å². The van der Waals surface area contributed by atoms with E-state index < -0.39 is 15.8 Å². The van der Waals surface area contributed by atoms with E-state index in [9.17, 15) is 0 Å². The molecule has 1 atom stereocenters. The molecule has 0 saturated heterocycles. The van der Waals surface area contributed by atoms with Crippen LogP contribution in [0.15, 0.2) is 188 Å². The van der Waals surface area contributed by atoms with E-state index in [4.69, 9.17) is 0 Å². The van der Waals surface area contributed by atoms with Crippen molar-refractivity contribution in [2.24, 2.45) is 0 Å². The standard InChI is InChI=1S/C44H33P2.2ClH.Ru/c1-5-19-35(20-6-1)45(36-21-7-2-8-22-36)41-31-29-33-17-13-15-27-39(33)43(41)44-40-28-16-14-18-34(40)30-32-42(44)46(37-23-9-3-10-24-37)38-25-11-4-12-26-38;;;/h1-32,43H;2*1H;/q-1;;;+3/p-2. The predicted octanol–water partition coefficient (Wildman–Crippen LogP) is 3.43. The van der Waals surface area contributed by atoms with Crippen LogP contribution in [-0.4, -0.2) is 0 Å². The molecular weight excluding hydrogens is 762 g/mol. The Morgan fingerprint density at radius 3 is 1.49 bits per heavy atom. The third-order valence-corrected chi connectivity index (χ3v) is 13.9. The van der Waals surface area contributed by atoms with Crippen molar-refractivity contribution in [3.8, 4) is 0 Å². The summed E-state index contributed by atoms with van der Waals surface area (Å²) in [4.78, 5) is 0. The molecule has 0 N–H and O–H groups in total. The molecule has 0 bridgehead atoms. The molecule has 0 aromatic heterocycles. The van der Waals surface area contributed by atoms with E-state index >= 15 is 0 Å². The number of halogens is 2. The molecule has 0 nitrogen and oxygen atoms in total. The molecular formula is C44H33Cl2P2Ru. The maximum Gasteiger partial charge on any atom is 3.00 e. The Labute approximate surface area is 317 Å². The van der Waals surface area contributed by atoms with E-state index in [1.165, 1.54) is 59.6 Å². The van der Waals surface area contributed by atoms with Crippen LogP contribution in [0.3, 0.4) is 0 Å². The van der Waals surface area contributed by atoms with Crippen molar-refractivity contribution in [2.45, 2.75) is 5.92 Å². The number of hydrogen-bond acceptors (Lipinski definition) is 0. The van der Waals surface area contributed by atoms with Gasteiger partial charge < -0.3 is 24.8 Å². The number of hydrogen-bond donors (Lipinski definition) is 0. The fraction of sp³-hybridized carbons (Fsp3) is 0.0227. The molecule has 0 fully saturated rings. The minimum absolute atomic E-state index is 0.